The zero-order valence-corrected chi connectivity index (χ0v) is 12.4. The Morgan fingerprint density at radius 1 is 1.21 bits per heavy atom. The zero-order valence-electron chi connectivity index (χ0n) is 12.4. The van der Waals surface area contributed by atoms with Gasteiger partial charge in [0.1, 0.15) is 0 Å². The molecular formula is C14H29N5. The van der Waals surface area contributed by atoms with Gasteiger partial charge in [0.05, 0.1) is 6.04 Å². The molecule has 2 fully saturated rings. The fourth-order valence-electron chi connectivity index (χ4n) is 3.24. The van der Waals surface area contributed by atoms with E-state index >= 15 is 0 Å². The standard InChI is InChI=1S/C14H29N5/c1-18-10-6-9-13(11-18)19(2)14(17-15)16-12-7-4-3-5-8-12/h12-13H,3-11,15H2,1-2H3,(H,16,17). The molecule has 0 spiro atoms. The van der Waals surface area contributed by atoms with Gasteiger partial charge in [-0.25, -0.2) is 10.8 Å². The van der Waals surface area contributed by atoms with Gasteiger partial charge in [0.2, 0.25) is 5.96 Å². The average Bonchev–Trinajstić information content (AvgIpc) is 2.45. The molecule has 0 amide bonds. The lowest BCUT2D eigenvalue weighted by atomic mass is 9.96. The number of nitrogens with zero attached hydrogens (tertiary/aromatic N) is 3. The lowest BCUT2D eigenvalue weighted by Crippen LogP contribution is -2.53. The number of hydrogen-bond acceptors (Lipinski definition) is 3. The van der Waals surface area contributed by atoms with E-state index in [1.54, 1.807) is 0 Å². The molecular weight excluding hydrogens is 238 g/mol. The van der Waals surface area contributed by atoms with Gasteiger partial charge in [0, 0.05) is 19.6 Å². The first-order valence-corrected chi connectivity index (χ1v) is 7.66. The first kappa shape index (κ1) is 14.6. The monoisotopic (exact) mass is 267 g/mol. The van der Waals surface area contributed by atoms with E-state index in [-0.39, 0.29) is 0 Å². The number of piperidine rings is 1. The van der Waals surface area contributed by atoms with Crippen LogP contribution in [0.4, 0.5) is 0 Å². The molecule has 2 rings (SSSR count). The highest BCUT2D eigenvalue weighted by Crippen LogP contribution is 2.21. The van der Waals surface area contributed by atoms with Gasteiger partial charge in [0.25, 0.3) is 0 Å². The summed E-state index contributed by atoms with van der Waals surface area (Å²) in [5, 5.41) is 0. The fourth-order valence-corrected chi connectivity index (χ4v) is 3.24. The second kappa shape index (κ2) is 7.10. The minimum Gasteiger partial charge on any atom is -0.341 e. The van der Waals surface area contributed by atoms with Crippen LogP contribution in [0.25, 0.3) is 0 Å². The van der Waals surface area contributed by atoms with Crippen LogP contribution in [0.5, 0.6) is 0 Å². The largest absolute Gasteiger partial charge is 0.341 e. The van der Waals surface area contributed by atoms with Crippen molar-refractivity contribution in [2.24, 2.45) is 10.8 Å². The van der Waals surface area contributed by atoms with Crippen LogP contribution in [0.1, 0.15) is 44.9 Å². The van der Waals surface area contributed by atoms with E-state index in [4.69, 9.17) is 10.8 Å². The van der Waals surface area contributed by atoms with Gasteiger partial charge >= 0.3 is 0 Å². The van der Waals surface area contributed by atoms with Crippen molar-refractivity contribution in [3.05, 3.63) is 0 Å². The molecule has 5 heteroatoms. The number of aliphatic imine (C=N–C) groups is 1. The van der Waals surface area contributed by atoms with E-state index in [1.165, 1.54) is 51.5 Å². The predicted octanol–water partition coefficient (Wildman–Crippen LogP) is 1.16. The van der Waals surface area contributed by atoms with Gasteiger partial charge in [-0.2, -0.15) is 0 Å². The molecule has 1 aliphatic carbocycles. The quantitative estimate of drug-likeness (QED) is 0.341. The Kier molecular flexibility index (Phi) is 5.45. The number of nitrogens with one attached hydrogen (secondary N) is 1. The molecule has 2 aliphatic rings. The number of guanidine groups is 1. The van der Waals surface area contributed by atoms with Crippen molar-refractivity contribution in [1.29, 1.82) is 0 Å². The lowest BCUT2D eigenvalue weighted by Gasteiger charge is -2.37. The molecule has 3 N–H and O–H groups in total. The number of hydrazine groups is 1. The van der Waals surface area contributed by atoms with Gasteiger partial charge in [-0.15, -0.1) is 0 Å². The highest BCUT2D eigenvalue weighted by molar-refractivity contribution is 5.79. The highest BCUT2D eigenvalue weighted by atomic mass is 15.4. The summed E-state index contributed by atoms with van der Waals surface area (Å²) in [4.78, 5) is 9.47. The van der Waals surface area contributed by atoms with Crippen LogP contribution in [0, 0.1) is 0 Å². The van der Waals surface area contributed by atoms with Crippen LogP contribution >= 0.6 is 0 Å². The third-order valence-electron chi connectivity index (χ3n) is 4.49. The van der Waals surface area contributed by atoms with Gasteiger partial charge in [0.15, 0.2) is 0 Å². The van der Waals surface area contributed by atoms with Crippen LogP contribution in [0.2, 0.25) is 0 Å². The SMILES string of the molecule is CN1CCCC(N(C)C(=NC2CCCCC2)NN)C1. The summed E-state index contributed by atoms with van der Waals surface area (Å²) >= 11 is 0. The molecule has 0 aromatic carbocycles. The Bertz CT molecular complexity index is 298. The Morgan fingerprint density at radius 3 is 2.58 bits per heavy atom. The molecule has 0 aromatic rings. The molecule has 1 aliphatic heterocycles. The van der Waals surface area contributed by atoms with Gasteiger partial charge < -0.3 is 9.80 Å². The number of nitrogens with two attached hydrogens (primary N) is 1. The predicted molar refractivity (Wildman–Crippen MR) is 79.9 cm³/mol. The van der Waals surface area contributed by atoms with Crippen molar-refractivity contribution < 1.29 is 0 Å². The summed E-state index contributed by atoms with van der Waals surface area (Å²) in [6.45, 7) is 2.30. The maximum Gasteiger partial charge on any atom is 0.208 e. The second-order valence-corrected chi connectivity index (χ2v) is 6.06. The number of likely N-dealkylation sites (N-methyl/N-ethyl adjacent to an activating group) is 2. The highest BCUT2D eigenvalue weighted by Gasteiger charge is 2.24. The van der Waals surface area contributed by atoms with Crippen molar-refractivity contribution >= 4 is 5.96 Å². The topological polar surface area (TPSA) is 56.9 Å². The van der Waals surface area contributed by atoms with E-state index < -0.39 is 0 Å². The van der Waals surface area contributed by atoms with Crippen LogP contribution < -0.4 is 11.3 Å². The molecule has 5 nitrogen and oxygen atoms in total. The molecule has 1 saturated carbocycles. The summed E-state index contributed by atoms with van der Waals surface area (Å²) in [6, 6.07) is 0.987. The number of rotatable bonds is 2. The van der Waals surface area contributed by atoms with Crippen molar-refractivity contribution in [2.45, 2.75) is 57.0 Å². The molecule has 1 atom stereocenters. The average molecular weight is 267 g/mol. The van der Waals surface area contributed by atoms with Gasteiger partial charge in [-0.1, -0.05) is 19.3 Å². The van der Waals surface area contributed by atoms with E-state index in [9.17, 15) is 0 Å². The third-order valence-corrected chi connectivity index (χ3v) is 4.49. The minimum absolute atomic E-state index is 0.462. The number of hydrogen-bond donors (Lipinski definition) is 2. The van der Waals surface area contributed by atoms with Crippen LogP contribution in [0.15, 0.2) is 4.99 Å². The summed E-state index contributed by atoms with van der Waals surface area (Å²) in [5.74, 6) is 6.56. The third kappa shape index (κ3) is 4.08. The van der Waals surface area contributed by atoms with E-state index in [2.05, 4.69) is 29.3 Å². The fraction of sp³-hybridized carbons (Fsp3) is 0.929. The summed E-state index contributed by atoms with van der Waals surface area (Å²) < 4.78 is 0. The first-order valence-electron chi connectivity index (χ1n) is 7.66. The second-order valence-electron chi connectivity index (χ2n) is 6.06. The molecule has 0 aromatic heterocycles. The van der Waals surface area contributed by atoms with Gasteiger partial charge in [-0.3, -0.25) is 5.43 Å². The Balaban J connectivity index is 1.96. The normalized spacial score (nSPS) is 27.3. The van der Waals surface area contributed by atoms with Crippen molar-refractivity contribution in [1.82, 2.24) is 15.2 Å². The summed E-state index contributed by atoms with van der Waals surface area (Å²) in [5.41, 5.74) is 2.82. The number of likely N-dealkylation sites (tertiary alicyclic amines) is 1. The summed E-state index contributed by atoms with van der Waals surface area (Å²) in [6.07, 6.45) is 8.89. The Labute approximate surface area is 117 Å². The van der Waals surface area contributed by atoms with Crippen molar-refractivity contribution in [3.63, 3.8) is 0 Å². The first-order chi connectivity index (χ1) is 9.20. The van der Waals surface area contributed by atoms with Gasteiger partial charge in [-0.05, 0) is 39.3 Å². The van der Waals surface area contributed by atoms with E-state index in [0.29, 0.717) is 12.1 Å². The van der Waals surface area contributed by atoms with Crippen LogP contribution in [-0.4, -0.2) is 55.0 Å². The van der Waals surface area contributed by atoms with Crippen molar-refractivity contribution in [2.75, 3.05) is 27.2 Å². The molecule has 1 saturated heterocycles. The molecule has 19 heavy (non-hydrogen) atoms. The minimum atomic E-state index is 0.462. The van der Waals surface area contributed by atoms with E-state index in [1.807, 2.05) is 0 Å². The molecule has 110 valence electrons. The van der Waals surface area contributed by atoms with Crippen LogP contribution in [-0.2, 0) is 0 Å². The van der Waals surface area contributed by atoms with Crippen molar-refractivity contribution in [3.8, 4) is 0 Å². The maximum atomic E-state index is 5.70. The Hall–Kier alpha value is -0.810. The molecule has 1 heterocycles. The van der Waals surface area contributed by atoms with E-state index in [0.717, 1.165) is 12.5 Å². The molecule has 0 bridgehead atoms. The smallest absolute Gasteiger partial charge is 0.208 e. The lowest BCUT2D eigenvalue weighted by molar-refractivity contribution is 0.178. The molecule has 0 radical (unpaired) electrons. The summed E-state index contributed by atoms with van der Waals surface area (Å²) in [7, 11) is 4.30. The van der Waals surface area contributed by atoms with Crippen LogP contribution in [0.3, 0.4) is 0 Å². The molecule has 1 unspecified atom stereocenters. The maximum absolute atomic E-state index is 5.70. The Morgan fingerprint density at radius 2 is 1.95 bits per heavy atom. The zero-order chi connectivity index (χ0) is 13.7.